The van der Waals surface area contributed by atoms with Gasteiger partial charge < -0.3 is 15.2 Å². The minimum Gasteiger partial charge on any atom is -0.481 e. The number of carbonyl (C=O) groups is 2. The fraction of sp³-hybridized carbons (Fsp3) is 0.480. The fourth-order valence-corrected chi connectivity index (χ4v) is 3.98. The minimum absolute atomic E-state index is 0.0523. The summed E-state index contributed by atoms with van der Waals surface area (Å²) >= 11 is 0. The molecule has 1 aliphatic carbocycles. The van der Waals surface area contributed by atoms with Gasteiger partial charge in [-0.2, -0.15) is 8.78 Å². The van der Waals surface area contributed by atoms with E-state index in [1.54, 1.807) is 24.0 Å². The Morgan fingerprint density at radius 3 is 2.32 bits per heavy atom. The van der Waals surface area contributed by atoms with Crippen LogP contribution in [0.3, 0.4) is 0 Å². The number of halogens is 2. The molecule has 2 amide bonds. The molecule has 34 heavy (non-hydrogen) atoms. The number of rotatable bonds is 6. The SMILES string of the molecule is CC(=O)O.Cc1ccc(NC(=O)N(c2ccccc2C(C)C)C2CCCCC2)c(OC(F)F)n1. The summed E-state index contributed by atoms with van der Waals surface area (Å²) in [5.74, 6) is -0.877. The highest BCUT2D eigenvalue weighted by Gasteiger charge is 2.30. The highest BCUT2D eigenvalue weighted by molar-refractivity contribution is 6.03. The second-order valence-corrected chi connectivity index (χ2v) is 8.51. The molecule has 0 spiro atoms. The molecule has 3 rings (SSSR count). The highest BCUT2D eigenvalue weighted by atomic mass is 19.3. The first kappa shape index (κ1) is 27.0. The van der Waals surface area contributed by atoms with Crippen LogP contribution in [0.1, 0.15) is 70.1 Å². The summed E-state index contributed by atoms with van der Waals surface area (Å²) in [6.45, 7) is 3.92. The first-order valence-corrected chi connectivity index (χ1v) is 11.4. The average molecular weight is 478 g/mol. The number of nitrogens with zero attached hydrogens (tertiary/aromatic N) is 2. The predicted molar refractivity (Wildman–Crippen MR) is 128 cm³/mol. The summed E-state index contributed by atoms with van der Waals surface area (Å²) in [6.07, 6.45) is 5.10. The van der Waals surface area contributed by atoms with Crippen LogP contribution in [-0.4, -0.2) is 34.7 Å². The van der Waals surface area contributed by atoms with E-state index in [1.165, 1.54) is 0 Å². The molecule has 0 unspecified atom stereocenters. The Balaban J connectivity index is 0.000000945. The predicted octanol–water partition coefficient (Wildman–Crippen LogP) is 6.58. The van der Waals surface area contributed by atoms with Gasteiger partial charge in [0, 0.05) is 24.3 Å². The van der Waals surface area contributed by atoms with Crippen molar-refractivity contribution in [3.8, 4) is 5.88 Å². The van der Waals surface area contributed by atoms with Crippen molar-refractivity contribution in [3.05, 3.63) is 47.7 Å². The third-order valence-electron chi connectivity index (χ3n) is 5.42. The molecule has 7 nitrogen and oxygen atoms in total. The van der Waals surface area contributed by atoms with E-state index in [0.717, 1.165) is 50.3 Å². The Hall–Kier alpha value is -3.23. The summed E-state index contributed by atoms with van der Waals surface area (Å²) in [5.41, 5.74) is 2.59. The number of anilines is 2. The van der Waals surface area contributed by atoms with Crippen molar-refractivity contribution in [3.63, 3.8) is 0 Å². The number of urea groups is 1. The average Bonchev–Trinajstić information content (AvgIpc) is 2.76. The number of ether oxygens (including phenoxy) is 1. The van der Waals surface area contributed by atoms with Crippen LogP contribution in [0.5, 0.6) is 5.88 Å². The number of carboxylic acid groups (broad SMARTS) is 1. The molecule has 1 heterocycles. The molecule has 1 aliphatic rings. The molecule has 9 heteroatoms. The van der Waals surface area contributed by atoms with Gasteiger partial charge in [0.1, 0.15) is 5.69 Å². The summed E-state index contributed by atoms with van der Waals surface area (Å²) in [4.78, 5) is 28.3. The van der Waals surface area contributed by atoms with E-state index in [4.69, 9.17) is 9.90 Å². The van der Waals surface area contributed by atoms with Gasteiger partial charge in [-0.05, 0) is 49.4 Å². The zero-order valence-corrected chi connectivity index (χ0v) is 20.1. The van der Waals surface area contributed by atoms with Gasteiger partial charge >= 0.3 is 12.6 Å². The molecule has 1 fully saturated rings. The van der Waals surface area contributed by atoms with Gasteiger partial charge in [-0.3, -0.25) is 9.69 Å². The van der Waals surface area contributed by atoms with Crippen LogP contribution < -0.4 is 15.0 Å². The van der Waals surface area contributed by atoms with Crippen LogP contribution in [0.25, 0.3) is 0 Å². The van der Waals surface area contributed by atoms with Gasteiger partial charge in [0.25, 0.3) is 5.97 Å². The second kappa shape index (κ2) is 12.9. The van der Waals surface area contributed by atoms with Crippen LogP contribution in [0.15, 0.2) is 36.4 Å². The smallest absolute Gasteiger partial charge is 0.388 e. The maximum absolute atomic E-state index is 13.5. The number of amides is 2. The largest absolute Gasteiger partial charge is 0.481 e. The lowest BCUT2D eigenvalue weighted by atomic mass is 9.92. The molecule has 2 aromatic rings. The molecule has 1 aromatic carbocycles. The number of aromatic nitrogens is 1. The third kappa shape index (κ3) is 7.97. The lowest BCUT2D eigenvalue weighted by molar-refractivity contribution is -0.134. The van der Waals surface area contributed by atoms with Crippen LogP contribution in [0.2, 0.25) is 0 Å². The summed E-state index contributed by atoms with van der Waals surface area (Å²) in [5, 5.41) is 10.2. The van der Waals surface area contributed by atoms with E-state index in [-0.39, 0.29) is 29.6 Å². The van der Waals surface area contributed by atoms with Crippen molar-refractivity contribution in [1.82, 2.24) is 4.98 Å². The summed E-state index contributed by atoms with van der Waals surface area (Å²) in [6, 6.07) is 10.8. The Kier molecular flexibility index (Phi) is 10.2. The van der Waals surface area contributed by atoms with Gasteiger partial charge in [0.15, 0.2) is 0 Å². The molecule has 0 atom stereocenters. The molecule has 186 valence electrons. The van der Waals surface area contributed by atoms with Crippen LogP contribution in [0.4, 0.5) is 25.0 Å². The summed E-state index contributed by atoms with van der Waals surface area (Å²) < 4.78 is 30.2. The maximum Gasteiger partial charge on any atom is 0.388 e. The molecule has 0 radical (unpaired) electrons. The van der Waals surface area contributed by atoms with Crippen molar-refractivity contribution in [2.75, 3.05) is 10.2 Å². The lowest BCUT2D eigenvalue weighted by Gasteiger charge is -2.36. The molecule has 1 aromatic heterocycles. The van der Waals surface area contributed by atoms with Crippen molar-refractivity contribution < 1.29 is 28.2 Å². The number of alkyl halides is 2. The van der Waals surface area contributed by atoms with Gasteiger partial charge in [0.05, 0.1) is 0 Å². The number of carboxylic acids is 1. The number of aliphatic carboxylic acids is 1. The van der Waals surface area contributed by atoms with Gasteiger partial charge in [-0.15, -0.1) is 0 Å². The van der Waals surface area contributed by atoms with Crippen molar-refractivity contribution in [1.29, 1.82) is 0 Å². The molecule has 0 aliphatic heterocycles. The van der Waals surface area contributed by atoms with Crippen LogP contribution in [0, 0.1) is 6.92 Å². The monoisotopic (exact) mass is 477 g/mol. The zero-order chi connectivity index (χ0) is 25.3. The highest BCUT2D eigenvalue weighted by Crippen LogP contribution is 2.34. The Morgan fingerprint density at radius 2 is 1.74 bits per heavy atom. The first-order valence-electron chi connectivity index (χ1n) is 11.4. The Bertz CT molecular complexity index is 959. The van der Waals surface area contributed by atoms with Crippen LogP contribution in [-0.2, 0) is 4.79 Å². The van der Waals surface area contributed by atoms with Gasteiger partial charge in [-0.1, -0.05) is 51.3 Å². The number of nitrogens with one attached hydrogen (secondary N) is 1. The van der Waals surface area contributed by atoms with E-state index < -0.39 is 12.6 Å². The van der Waals surface area contributed by atoms with Crippen molar-refractivity contribution >= 4 is 23.4 Å². The van der Waals surface area contributed by atoms with Crippen molar-refractivity contribution in [2.24, 2.45) is 0 Å². The first-order chi connectivity index (χ1) is 16.1. The number of carbonyl (C=O) groups excluding carboxylic acids is 1. The Labute approximate surface area is 199 Å². The van der Waals surface area contributed by atoms with Gasteiger partial charge in [-0.25, -0.2) is 9.78 Å². The molecule has 0 bridgehead atoms. The molecular weight excluding hydrogens is 444 g/mol. The third-order valence-corrected chi connectivity index (χ3v) is 5.42. The topological polar surface area (TPSA) is 91.8 Å². The molecule has 2 N–H and O–H groups in total. The van der Waals surface area contributed by atoms with Crippen molar-refractivity contribution in [2.45, 2.75) is 78.4 Å². The van der Waals surface area contributed by atoms with E-state index in [2.05, 4.69) is 28.9 Å². The number of hydrogen-bond acceptors (Lipinski definition) is 4. The number of hydrogen-bond donors (Lipinski definition) is 2. The lowest BCUT2D eigenvalue weighted by Crippen LogP contribution is -2.44. The van der Waals surface area contributed by atoms with E-state index >= 15 is 0 Å². The molecule has 1 saturated carbocycles. The normalized spacial score (nSPS) is 13.8. The molecule has 0 saturated heterocycles. The van der Waals surface area contributed by atoms with Crippen LogP contribution >= 0.6 is 0 Å². The number of pyridine rings is 1. The maximum atomic E-state index is 13.5. The minimum atomic E-state index is -3.02. The quantitative estimate of drug-likeness (QED) is 0.490. The second-order valence-electron chi connectivity index (χ2n) is 8.51. The fourth-order valence-electron chi connectivity index (χ4n) is 3.98. The van der Waals surface area contributed by atoms with E-state index in [1.807, 2.05) is 24.3 Å². The summed E-state index contributed by atoms with van der Waals surface area (Å²) in [7, 11) is 0. The van der Waals surface area contributed by atoms with E-state index in [0.29, 0.717) is 5.69 Å². The number of aryl methyl sites for hydroxylation is 1. The standard InChI is InChI=1S/C23H29F2N3O2.C2H4O2/c1-15(2)18-11-7-8-12-20(18)28(17-9-5-4-6-10-17)23(29)27-19-14-13-16(3)26-21(19)30-22(24)25;1-2(3)4/h7-8,11-15,17,22H,4-6,9-10H2,1-3H3,(H,27,29);1H3,(H,3,4). The van der Waals surface area contributed by atoms with Gasteiger partial charge in [0.2, 0.25) is 5.88 Å². The molecular formula is C25H33F2N3O4. The zero-order valence-electron chi connectivity index (χ0n) is 20.1. The number of benzene rings is 1. The number of para-hydroxylation sites is 1. The van der Waals surface area contributed by atoms with E-state index in [9.17, 15) is 13.6 Å². The Morgan fingerprint density at radius 1 is 1.12 bits per heavy atom.